The molecule has 146 heavy (non-hydrogen) atoms. The summed E-state index contributed by atoms with van der Waals surface area (Å²) in [5, 5.41) is 40.4. The maximum absolute atomic E-state index is 13.3. The fourth-order valence-corrected chi connectivity index (χ4v) is 24.5. The second kappa shape index (κ2) is 58.6. The number of halogens is 6. The Balaban J connectivity index is 0.000000203. The van der Waals surface area contributed by atoms with Crippen LogP contribution in [0, 0.1) is 23.7 Å². The van der Waals surface area contributed by atoms with Gasteiger partial charge in [0.05, 0.1) is 59.5 Å². The lowest BCUT2D eigenvalue weighted by molar-refractivity contribution is -0.0527. The zero-order valence-electron chi connectivity index (χ0n) is 85.6. The van der Waals surface area contributed by atoms with Crippen molar-refractivity contribution in [2.24, 2.45) is 23.7 Å². The molecule has 0 fully saturated rings. The van der Waals surface area contributed by atoms with Crippen LogP contribution in [0.5, 0.6) is 5.75 Å². The van der Waals surface area contributed by atoms with Crippen LogP contribution < -0.4 is 4.74 Å². The van der Waals surface area contributed by atoms with Gasteiger partial charge in [0, 0.05) is 43.5 Å². The molecule has 4 aliphatic rings. The summed E-state index contributed by atoms with van der Waals surface area (Å²) in [7, 11) is -5.93. The monoisotopic (exact) mass is 2130 g/mol. The molecule has 0 aliphatic heterocycles. The van der Waals surface area contributed by atoms with E-state index in [0.717, 1.165) is 152 Å². The van der Waals surface area contributed by atoms with Gasteiger partial charge >= 0.3 is 55.1 Å². The summed E-state index contributed by atoms with van der Waals surface area (Å²) < 4.78 is 162. The first-order chi connectivity index (χ1) is 69.9. The van der Waals surface area contributed by atoms with Gasteiger partial charge in [-0.2, -0.15) is 43.2 Å². The van der Waals surface area contributed by atoms with Crippen molar-refractivity contribution in [3.63, 3.8) is 0 Å². The minimum absolute atomic E-state index is 0.0716. The normalized spacial score (nSPS) is 16.8. The summed E-state index contributed by atoms with van der Waals surface area (Å²) in [5.41, 5.74) is 4.35. The first kappa shape index (κ1) is 118. The number of hydrogen-bond donors (Lipinski definition) is 4. The molecular formula is C115H144F6O19S6. The Hall–Kier alpha value is -9.54. The number of methoxy groups -OCH3 is 4. The molecule has 9 aromatic rings. The Bertz CT molecular complexity index is 5990. The standard InChI is InChI=1S/C35H41F3O7S2.C27H33F3O6S2.C27H36O3S.C26H34O3S/c1-4-5-6-10-30(44-23-24-11-18-28(42-2)19-12-24)25-13-15-27(16-14-25)33-26(17-21-31(33)45-47(40,41)35(36,37)38)8-7-9-29-20-22-32(46-29)34(39)43-3;1-3-4-5-9-22(31)18-10-12-20(13-11-18)25-19(14-16-23(25)36-38(33,34)27(28,29)30)7-6-8-21-15-17-24(37-21)26(32)35-2;1-4-5-6-10-24(28)20-13-15-22(16-14-20)26-19(2)11-12-21(26)8-7-9-23-17-18-25(31-23)27(29)30-3;1-3-4-5-9-23(27)19-12-14-21(15-13-19)25-18(2)10-11-20(25)7-6-8-22-16-17-24(30-22)26(28)29/h11-16,18-20,22,26,30H,4-10,17,21,23H2,1-3H3;10-13,15,17,19,22,31H,3-9,14,16H2,1-2H3;13-18,21,24,28H,4-12H2,1-3H3;12-17,20,23,27H,3-11H2,1-2H3,(H,28,29). The van der Waals surface area contributed by atoms with Crippen molar-refractivity contribution in [3.8, 4) is 5.75 Å². The number of hydrogen-bond acceptors (Lipinski definition) is 22. The number of allylic oxidation sites excluding steroid dienone is 8. The van der Waals surface area contributed by atoms with Gasteiger partial charge in [0.2, 0.25) is 0 Å². The average Bonchev–Trinajstić information content (AvgIpc) is 1.61. The van der Waals surface area contributed by atoms with E-state index in [1.807, 2.05) is 72.8 Å². The SMILES string of the molecule is CCCCCC(O)c1ccc(C2=C(C)CCC2CCCc2ccc(C(=O)O)s2)cc1.CCCCCC(O)c1ccc(C2=C(C)CCC2CCCc2ccc(C(=O)OC)s2)cc1.CCCCCC(O)c1ccc(C2=C(OS(=O)(=O)C(F)(F)F)CCC2CCCc2ccc(C(=O)OC)s2)cc1.CCCCCC(OCc1ccc(OC)cc1)c1ccc(C2=C(OS(=O)(=O)C(F)(F)F)CCC2CCCc2ccc(C(=O)OC)s2)cc1. The molecule has 0 saturated carbocycles. The number of rotatable bonds is 52. The van der Waals surface area contributed by atoms with Crippen LogP contribution in [0.15, 0.2) is 193 Å². The van der Waals surface area contributed by atoms with Crippen LogP contribution in [0.2, 0.25) is 0 Å². The minimum Gasteiger partial charge on any atom is -0.497 e. The highest BCUT2D eigenvalue weighted by atomic mass is 32.2. The van der Waals surface area contributed by atoms with Gasteiger partial charge in [0.1, 0.15) is 36.8 Å². The van der Waals surface area contributed by atoms with E-state index in [9.17, 15) is 77.7 Å². The summed E-state index contributed by atoms with van der Waals surface area (Å²) in [6.45, 7) is 13.5. The largest absolute Gasteiger partial charge is 0.534 e. The third-order valence-electron chi connectivity index (χ3n) is 27.6. The lowest BCUT2D eigenvalue weighted by Crippen LogP contribution is -2.25. The third-order valence-corrected chi connectivity index (χ3v) is 34.1. The molecule has 0 bridgehead atoms. The lowest BCUT2D eigenvalue weighted by atomic mass is 9.88. The number of aryl methyl sites for hydroxylation is 4. The van der Waals surface area contributed by atoms with E-state index in [-0.39, 0.29) is 60.5 Å². The summed E-state index contributed by atoms with van der Waals surface area (Å²) in [5.74, 6) is -0.718. The van der Waals surface area contributed by atoms with Crippen LogP contribution in [-0.4, -0.2) is 101 Å². The topological polar surface area (TPSA) is 282 Å². The lowest BCUT2D eigenvalue weighted by Gasteiger charge is -2.21. The molecule has 0 spiro atoms. The van der Waals surface area contributed by atoms with Crippen LogP contribution in [0.1, 0.15) is 380 Å². The van der Waals surface area contributed by atoms with Gasteiger partial charge in [-0.3, -0.25) is 0 Å². The van der Waals surface area contributed by atoms with Crippen molar-refractivity contribution in [2.45, 2.75) is 315 Å². The number of thiophene rings is 4. The van der Waals surface area contributed by atoms with Gasteiger partial charge < -0.3 is 52.5 Å². The number of carbonyl (C=O) groups excluding carboxylic acids is 3. The Morgan fingerprint density at radius 1 is 0.363 bits per heavy atom. The first-order valence-corrected chi connectivity index (χ1v) is 57.4. The molecule has 4 aliphatic carbocycles. The van der Waals surface area contributed by atoms with Crippen molar-refractivity contribution in [3.05, 3.63) is 282 Å². The summed E-state index contributed by atoms with van der Waals surface area (Å²) in [6.07, 6.45) is 30.6. The molecule has 0 radical (unpaired) electrons. The molecule has 31 heteroatoms. The van der Waals surface area contributed by atoms with Crippen LogP contribution >= 0.6 is 45.3 Å². The zero-order chi connectivity index (χ0) is 106. The highest BCUT2D eigenvalue weighted by Crippen LogP contribution is 2.49. The number of carboxylic acid groups (broad SMARTS) is 1. The van der Waals surface area contributed by atoms with E-state index < -0.39 is 55.3 Å². The van der Waals surface area contributed by atoms with E-state index in [0.29, 0.717) is 124 Å². The van der Waals surface area contributed by atoms with Crippen molar-refractivity contribution < 1.29 is 115 Å². The molecular weight excluding hydrogens is 1990 g/mol. The number of alkyl halides is 6. The second-order valence-corrected chi connectivity index (χ2v) is 45.8. The zero-order valence-corrected chi connectivity index (χ0v) is 90.5. The molecule has 13 rings (SSSR count). The van der Waals surface area contributed by atoms with Crippen LogP contribution in [0.25, 0.3) is 22.3 Å². The van der Waals surface area contributed by atoms with E-state index in [1.54, 1.807) is 60.9 Å². The smallest absolute Gasteiger partial charge is 0.497 e. The van der Waals surface area contributed by atoms with Gasteiger partial charge in [-0.1, -0.05) is 225 Å². The van der Waals surface area contributed by atoms with Crippen molar-refractivity contribution in [1.82, 2.24) is 0 Å². The van der Waals surface area contributed by atoms with E-state index in [4.69, 9.17) is 33.0 Å². The quantitative estimate of drug-likeness (QED) is 0.00688. The van der Waals surface area contributed by atoms with Crippen LogP contribution in [0.4, 0.5) is 26.3 Å². The minimum atomic E-state index is -5.82. The Labute approximate surface area is 874 Å². The number of benzene rings is 5. The molecule has 8 atom stereocenters. The van der Waals surface area contributed by atoms with Crippen molar-refractivity contribution >= 4 is 112 Å². The number of ether oxygens (including phenoxy) is 5. The van der Waals surface area contributed by atoms with Gasteiger partial charge in [0.15, 0.2) is 0 Å². The maximum atomic E-state index is 13.3. The van der Waals surface area contributed by atoms with E-state index in [1.165, 1.54) is 145 Å². The number of unbranched alkanes of at least 4 members (excludes halogenated alkanes) is 8. The average molecular weight is 2140 g/mol. The highest BCUT2D eigenvalue weighted by Gasteiger charge is 2.51. The molecule has 5 aromatic carbocycles. The summed E-state index contributed by atoms with van der Waals surface area (Å²) in [6, 6.07) is 53.9. The molecule has 4 aromatic heterocycles. The van der Waals surface area contributed by atoms with Gasteiger partial charge in [-0.05, 0) is 301 Å². The Morgan fingerprint density at radius 2 is 0.651 bits per heavy atom. The number of aromatic carboxylic acids is 1. The van der Waals surface area contributed by atoms with Crippen LogP contribution in [0.3, 0.4) is 0 Å². The second-order valence-electron chi connectivity index (χ2n) is 38.0. The molecule has 0 saturated heterocycles. The highest BCUT2D eigenvalue weighted by molar-refractivity contribution is 7.88. The van der Waals surface area contributed by atoms with E-state index >= 15 is 0 Å². The molecule has 4 N–H and O–H groups in total. The summed E-state index contributed by atoms with van der Waals surface area (Å²) >= 11 is 5.61. The number of aliphatic hydroxyl groups excluding tert-OH is 3. The van der Waals surface area contributed by atoms with Crippen molar-refractivity contribution in [2.75, 3.05) is 28.4 Å². The predicted molar refractivity (Wildman–Crippen MR) is 570 cm³/mol. The van der Waals surface area contributed by atoms with Gasteiger partial charge in [-0.25, -0.2) is 19.2 Å². The van der Waals surface area contributed by atoms with Gasteiger partial charge in [-0.15, -0.1) is 45.3 Å². The fraction of sp³-hybridized carbons (Fsp3) is 0.496. The Kier molecular flexibility index (Phi) is 47.5. The molecule has 8 unspecified atom stereocenters. The fourth-order valence-electron chi connectivity index (χ4n) is 19.6. The molecule has 796 valence electrons. The summed E-state index contributed by atoms with van der Waals surface area (Å²) in [4.78, 5) is 52.7. The Morgan fingerprint density at radius 3 is 0.945 bits per heavy atom. The van der Waals surface area contributed by atoms with Gasteiger partial charge in [0.25, 0.3) is 0 Å². The van der Waals surface area contributed by atoms with Crippen LogP contribution in [-0.2, 0) is 79.8 Å². The van der Waals surface area contributed by atoms with Crippen molar-refractivity contribution in [1.29, 1.82) is 0 Å². The maximum Gasteiger partial charge on any atom is 0.534 e. The van der Waals surface area contributed by atoms with E-state index in [2.05, 4.69) is 100 Å². The number of aliphatic hydroxyl groups is 3. The third kappa shape index (κ3) is 35.0. The number of esters is 3. The number of carboxylic acids is 1. The number of carbonyl (C=O) groups is 4. The molecule has 4 heterocycles. The molecule has 19 nitrogen and oxygen atoms in total. The predicted octanol–water partition coefficient (Wildman–Crippen LogP) is 31.2. The molecule has 0 amide bonds. The first-order valence-electron chi connectivity index (χ1n) is 51.3.